The molecule has 35 heavy (non-hydrogen) atoms. The smallest absolute Gasteiger partial charge is 0.323 e. The summed E-state index contributed by atoms with van der Waals surface area (Å²) >= 11 is 1.31. The zero-order valence-electron chi connectivity index (χ0n) is 19.0. The number of nitrogen functional groups attached to an aromatic ring is 1. The highest BCUT2D eigenvalue weighted by Gasteiger charge is 2.25. The van der Waals surface area contributed by atoms with Crippen molar-refractivity contribution in [3.05, 3.63) is 71.1 Å². The molecule has 2 aromatic carbocycles. The number of rotatable bonds is 4. The SMILES string of the molecule is CC(C)(C)c1nc(-c2ccnc(N)n2)c(-c2cc(NC(=O)Nc3ccc(F)c(F)c3)ccc2F)s1. The van der Waals surface area contributed by atoms with Crippen molar-refractivity contribution < 1.29 is 18.0 Å². The molecule has 2 heterocycles. The fourth-order valence-corrected chi connectivity index (χ4v) is 4.30. The lowest BCUT2D eigenvalue weighted by atomic mass is 9.98. The Balaban J connectivity index is 1.69. The number of nitrogens with two attached hydrogens (primary N) is 1. The van der Waals surface area contributed by atoms with E-state index in [1.165, 1.54) is 41.8 Å². The van der Waals surface area contributed by atoms with E-state index in [0.717, 1.165) is 17.1 Å². The van der Waals surface area contributed by atoms with Crippen molar-refractivity contribution in [2.75, 3.05) is 16.4 Å². The molecule has 0 atom stereocenters. The van der Waals surface area contributed by atoms with Crippen LogP contribution in [0.5, 0.6) is 0 Å². The summed E-state index contributed by atoms with van der Waals surface area (Å²) in [4.78, 5) is 25.8. The molecule has 2 amide bonds. The van der Waals surface area contributed by atoms with Gasteiger partial charge in [-0.15, -0.1) is 11.3 Å². The van der Waals surface area contributed by atoms with Crippen LogP contribution in [-0.2, 0) is 5.41 Å². The van der Waals surface area contributed by atoms with E-state index in [-0.39, 0.29) is 28.3 Å². The van der Waals surface area contributed by atoms with Crippen molar-refractivity contribution in [1.82, 2.24) is 15.0 Å². The summed E-state index contributed by atoms with van der Waals surface area (Å²) in [6.07, 6.45) is 1.49. The second-order valence-electron chi connectivity index (χ2n) is 8.65. The van der Waals surface area contributed by atoms with Crippen molar-refractivity contribution in [1.29, 1.82) is 0 Å². The second kappa shape index (κ2) is 9.34. The quantitative estimate of drug-likeness (QED) is 0.310. The number of nitrogens with one attached hydrogen (secondary N) is 2. The molecule has 4 N–H and O–H groups in total. The van der Waals surface area contributed by atoms with Gasteiger partial charge in [-0.3, -0.25) is 0 Å². The lowest BCUT2D eigenvalue weighted by Gasteiger charge is -2.13. The molecule has 0 aliphatic rings. The zero-order chi connectivity index (χ0) is 25.3. The van der Waals surface area contributed by atoms with Crippen molar-refractivity contribution in [2.45, 2.75) is 26.2 Å². The first kappa shape index (κ1) is 24.1. The molecule has 4 rings (SSSR count). The van der Waals surface area contributed by atoms with Crippen LogP contribution in [0.15, 0.2) is 48.7 Å². The average Bonchev–Trinajstić information content (AvgIpc) is 3.23. The van der Waals surface area contributed by atoms with Crippen molar-refractivity contribution in [2.24, 2.45) is 0 Å². The highest BCUT2D eigenvalue weighted by molar-refractivity contribution is 7.15. The summed E-state index contributed by atoms with van der Waals surface area (Å²) in [6.45, 7) is 5.97. The summed E-state index contributed by atoms with van der Waals surface area (Å²) in [5, 5.41) is 5.74. The molecule has 2 aromatic heterocycles. The topological polar surface area (TPSA) is 106 Å². The molecule has 0 fully saturated rings. The largest absolute Gasteiger partial charge is 0.368 e. The number of nitrogens with zero attached hydrogens (tertiary/aromatic N) is 3. The molecule has 0 aliphatic carbocycles. The van der Waals surface area contributed by atoms with E-state index in [4.69, 9.17) is 10.7 Å². The van der Waals surface area contributed by atoms with Gasteiger partial charge in [-0.25, -0.2) is 32.9 Å². The van der Waals surface area contributed by atoms with E-state index in [2.05, 4.69) is 20.6 Å². The van der Waals surface area contributed by atoms with E-state index in [9.17, 15) is 13.6 Å². The van der Waals surface area contributed by atoms with Crippen LogP contribution >= 0.6 is 11.3 Å². The van der Waals surface area contributed by atoms with Gasteiger partial charge in [0, 0.05) is 34.6 Å². The molecule has 0 saturated heterocycles. The number of carbonyl (C=O) groups excluding carboxylic acids is 1. The van der Waals surface area contributed by atoms with Gasteiger partial charge in [-0.2, -0.15) is 0 Å². The molecule has 0 spiro atoms. The third-order valence-corrected chi connectivity index (χ3v) is 6.35. The van der Waals surface area contributed by atoms with Crippen LogP contribution in [0.3, 0.4) is 0 Å². The summed E-state index contributed by atoms with van der Waals surface area (Å²) in [5.74, 6) is -2.59. The minimum Gasteiger partial charge on any atom is -0.368 e. The Bertz CT molecular complexity index is 1420. The van der Waals surface area contributed by atoms with Crippen LogP contribution in [0.2, 0.25) is 0 Å². The van der Waals surface area contributed by atoms with Crippen molar-refractivity contribution in [3.63, 3.8) is 0 Å². The van der Waals surface area contributed by atoms with Gasteiger partial charge in [0.1, 0.15) is 11.5 Å². The Morgan fingerprint density at radius 2 is 1.57 bits per heavy atom. The monoisotopic (exact) mass is 498 g/mol. The molecule has 180 valence electrons. The summed E-state index contributed by atoms with van der Waals surface area (Å²) < 4.78 is 41.6. The Hall–Kier alpha value is -3.99. The second-order valence-corrected chi connectivity index (χ2v) is 9.65. The maximum absolute atomic E-state index is 15.0. The average molecular weight is 499 g/mol. The fourth-order valence-electron chi connectivity index (χ4n) is 3.15. The highest BCUT2D eigenvalue weighted by Crippen LogP contribution is 2.41. The van der Waals surface area contributed by atoms with E-state index < -0.39 is 23.5 Å². The van der Waals surface area contributed by atoms with E-state index >= 15 is 4.39 Å². The van der Waals surface area contributed by atoms with Gasteiger partial charge >= 0.3 is 6.03 Å². The molecule has 0 unspecified atom stereocenters. The predicted molar refractivity (Wildman–Crippen MR) is 131 cm³/mol. The van der Waals surface area contributed by atoms with E-state index in [1.54, 1.807) is 6.07 Å². The van der Waals surface area contributed by atoms with Crippen LogP contribution in [0.4, 0.5) is 35.3 Å². The minimum atomic E-state index is -1.09. The maximum Gasteiger partial charge on any atom is 0.323 e. The van der Waals surface area contributed by atoms with E-state index in [1.807, 2.05) is 20.8 Å². The Morgan fingerprint density at radius 1 is 0.914 bits per heavy atom. The molecule has 11 heteroatoms. The standard InChI is InChI=1S/C24H21F3N6OS/c1-24(2,3)21-33-19(18-8-9-29-22(28)32-18)20(35-21)14-10-12(4-6-15(14)25)30-23(34)31-13-5-7-16(26)17(27)11-13/h4-11H,1-3H3,(H2,28,29,32)(H2,30,31,34). The Kier molecular flexibility index (Phi) is 6.44. The van der Waals surface area contributed by atoms with Gasteiger partial charge in [0.15, 0.2) is 11.6 Å². The molecular formula is C24H21F3N6OS. The number of aromatic nitrogens is 3. The maximum atomic E-state index is 15.0. The normalized spacial score (nSPS) is 11.4. The molecule has 0 aliphatic heterocycles. The number of amides is 2. The summed E-state index contributed by atoms with van der Waals surface area (Å²) in [6, 6.07) is 7.98. The lowest BCUT2D eigenvalue weighted by Crippen LogP contribution is -2.19. The molecule has 0 saturated carbocycles. The third-order valence-electron chi connectivity index (χ3n) is 4.83. The first-order valence-corrected chi connectivity index (χ1v) is 11.3. The fraction of sp³-hybridized carbons (Fsp3) is 0.167. The first-order chi connectivity index (χ1) is 16.5. The Morgan fingerprint density at radius 3 is 2.20 bits per heavy atom. The number of thiazole rings is 1. The van der Waals surface area contributed by atoms with Gasteiger partial charge in [0.2, 0.25) is 5.95 Å². The van der Waals surface area contributed by atoms with Gasteiger partial charge in [0.05, 0.1) is 15.6 Å². The summed E-state index contributed by atoms with van der Waals surface area (Å²) in [5.41, 5.74) is 6.86. The van der Waals surface area contributed by atoms with Crippen LogP contribution in [0.1, 0.15) is 25.8 Å². The summed E-state index contributed by atoms with van der Waals surface area (Å²) in [7, 11) is 0. The van der Waals surface area contributed by atoms with Crippen LogP contribution in [0, 0.1) is 17.5 Å². The lowest BCUT2D eigenvalue weighted by molar-refractivity contribution is 0.262. The Labute approximate surface area is 203 Å². The van der Waals surface area contributed by atoms with Gasteiger partial charge < -0.3 is 16.4 Å². The molecule has 7 nitrogen and oxygen atoms in total. The molecular weight excluding hydrogens is 477 g/mol. The third kappa shape index (κ3) is 5.40. The highest BCUT2D eigenvalue weighted by atomic mass is 32.1. The molecule has 4 aromatic rings. The number of benzene rings is 2. The van der Waals surface area contributed by atoms with Crippen LogP contribution in [-0.4, -0.2) is 21.0 Å². The van der Waals surface area contributed by atoms with Gasteiger partial charge in [0.25, 0.3) is 0 Å². The van der Waals surface area contributed by atoms with E-state index in [0.29, 0.717) is 16.3 Å². The van der Waals surface area contributed by atoms with Crippen LogP contribution < -0.4 is 16.4 Å². The molecule has 0 radical (unpaired) electrons. The van der Waals surface area contributed by atoms with Crippen LogP contribution in [0.25, 0.3) is 21.8 Å². The number of hydrogen-bond acceptors (Lipinski definition) is 6. The minimum absolute atomic E-state index is 0.0588. The number of hydrogen-bond donors (Lipinski definition) is 3. The number of urea groups is 1. The number of anilines is 3. The zero-order valence-corrected chi connectivity index (χ0v) is 19.8. The number of carbonyl (C=O) groups is 1. The van der Waals surface area contributed by atoms with Gasteiger partial charge in [-0.05, 0) is 36.4 Å². The number of halogens is 3. The van der Waals surface area contributed by atoms with Crippen molar-refractivity contribution in [3.8, 4) is 21.8 Å². The predicted octanol–water partition coefficient (Wildman–Crippen LogP) is 6.21. The van der Waals surface area contributed by atoms with Crippen molar-refractivity contribution >= 4 is 34.7 Å². The molecule has 0 bridgehead atoms. The first-order valence-electron chi connectivity index (χ1n) is 10.4. The van der Waals surface area contributed by atoms with Gasteiger partial charge in [-0.1, -0.05) is 20.8 Å².